The van der Waals surface area contributed by atoms with Crippen molar-refractivity contribution in [3.05, 3.63) is 76.3 Å². The number of anilines is 1. The van der Waals surface area contributed by atoms with Crippen molar-refractivity contribution in [1.29, 1.82) is 0 Å². The van der Waals surface area contributed by atoms with Gasteiger partial charge in [-0.1, -0.05) is 54.6 Å². The molecule has 120 valence electrons. The molecule has 3 rings (SSSR count). The number of hydrogen-bond donors (Lipinski definition) is 2. The van der Waals surface area contributed by atoms with Crippen LogP contribution in [0.15, 0.2) is 64.5 Å². The third-order valence-electron chi connectivity index (χ3n) is 3.61. The molecule has 0 aliphatic heterocycles. The minimum Gasteiger partial charge on any atom is -0.259 e. The third-order valence-corrected chi connectivity index (χ3v) is 3.61. The first-order valence-electron chi connectivity index (χ1n) is 7.53. The van der Waals surface area contributed by atoms with Crippen molar-refractivity contribution < 1.29 is 0 Å². The van der Waals surface area contributed by atoms with Crippen molar-refractivity contribution in [1.82, 2.24) is 15.2 Å². The van der Waals surface area contributed by atoms with E-state index in [0.29, 0.717) is 11.5 Å². The molecule has 0 bridgehead atoms. The molecule has 2 N–H and O–H groups in total. The minimum absolute atomic E-state index is 0.346. The van der Waals surface area contributed by atoms with Crippen LogP contribution in [-0.4, -0.2) is 20.9 Å². The number of hydrogen-bond acceptors (Lipinski definition) is 5. The van der Waals surface area contributed by atoms with E-state index in [0.717, 1.165) is 16.8 Å². The number of nitrogens with one attached hydrogen (secondary N) is 2. The van der Waals surface area contributed by atoms with Crippen molar-refractivity contribution in [2.24, 2.45) is 5.10 Å². The largest absolute Gasteiger partial charge is 0.363 e. The highest BCUT2D eigenvalue weighted by Crippen LogP contribution is 2.19. The summed E-state index contributed by atoms with van der Waals surface area (Å²) < 4.78 is 0. The molecule has 0 atom stereocenters. The monoisotopic (exact) mass is 319 g/mol. The van der Waals surface area contributed by atoms with E-state index >= 15 is 0 Å². The summed E-state index contributed by atoms with van der Waals surface area (Å²) >= 11 is 0. The van der Waals surface area contributed by atoms with Crippen LogP contribution in [0.3, 0.4) is 0 Å². The van der Waals surface area contributed by atoms with Gasteiger partial charge in [0.1, 0.15) is 5.69 Å². The molecule has 0 amide bonds. The second-order valence-electron chi connectivity index (χ2n) is 5.33. The van der Waals surface area contributed by atoms with Crippen molar-refractivity contribution in [3.63, 3.8) is 0 Å². The van der Waals surface area contributed by atoms with Crippen LogP contribution in [-0.2, 0) is 0 Å². The van der Waals surface area contributed by atoms with Gasteiger partial charge in [0.25, 0.3) is 0 Å². The average Bonchev–Trinajstić information content (AvgIpc) is 2.63. The van der Waals surface area contributed by atoms with E-state index in [1.54, 1.807) is 6.92 Å². The topological polar surface area (TPSA) is 83.0 Å². The number of aryl methyl sites for hydroxylation is 1. The highest BCUT2D eigenvalue weighted by Gasteiger charge is 2.03. The van der Waals surface area contributed by atoms with E-state index in [9.17, 15) is 4.79 Å². The molecule has 0 saturated carbocycles. The summed E-state index contributed by atoms with van der Waals surface area (Å²) in [5.41, 5.74) is 6.95. The lowest BCUT2D eigenvalue weighted by Gasteiger charge is -2.06. The molecule has 0 radical (unpaired) electrons. The van der Waals surface area contributed by atoms with E-state index in [2.05, 4.69) is 50.0 Å². The molecule has 3 aromatic rings. The molecule has 0 fully saturated rings. The van der Waals surface area contributed by atoms with Crippen LogP contribution in [0.5, 0.6) is 0 Å². The summed E-state index contributed by atoms with van der Waals surface area (Å²) in [6.07, 6.45) is 0. The number of rotatable bonds is 4. The number of aromatic nitrogens is 3. The molecular weight excluding hydrogens is 302 g/mol. The van der Waals surface area contributed by atoms with Crippen LogP contribution in [0.25, 0.3) is 11.1 Å². The zero-order valence-electron chi connectivity index (χ0n) is 13.4. The maximum absolute atomic E-state index is 11.2. The number of H-pyrrole nitrogens is 1. The zero-order chi connectivity index (χ0) is 16.9. The summed E-state index contributed by atoms with van der Waals surface area (Å²) in [5.74, 6) is 0.346. The minimum atomic E-state index is -0.511. The van der Waals surface area contributed by atoms with Gasteiger partial charge in [0.05, 0.1) is 5.71 Å². The van der Waals surface area contributed by atoms with E-state index in [1.807, 2.05) is 37.3 Å². The average molecular weight is 319 g/mol. The van der Waals surface area contributed by atoms with Gasteiger partial charge >= 0.3 is 5.69 Å². The van der Waals surface area contributed by atoms with E-state index in [-0.39, 0.29) is 0 Å². The summed E-state index contributed by atoms with van der Waals surface area (Å²) in [6, 6.07) is 18.3. The molecule has 24 heavy (non-hydrogen) atoms. The summed E-state index contributed by atoms with van der Waals surface area (Å²) in [7, 11) is 0. The maximum atomic E-state index is 11.2. The Kier molecular flexibility index (Phi) is 4.47. The van der Waals surface area contributed by atoms with Gasteiger partial charge in [0, 0.05) is 0 Å². The predicted molar refractivity (Wildman–Crippen MR) is 95.1 cm³/mol. The second kappa shape index (κ2) is 6.87. The molecule has 1 heterocycles. The standard InChI is InChI=1S/C18H17N5O/c1-12(20-22-17-13(2)21-23-18(24)19-17)14-8-10-16(11-9-14)15-6-4-3-5-7-15/h3-11H,1-2H3,(H2,19,22,23,24)/b20-12+. The number of benzene rings is 2. The van der Waals surface area contributed by atoms with Crippen LogP contribution in [0.4, 0.5) is 5.82 Å². The highest BCUT2D eigenvalue weighted by molar-refractivity contribution is 5.99. The Morgan fingerprint density at radius 1 is 1.04 bits per heavy atom. The van der Waals surface area contributed by atoms with Gasteiger partial charge in [-0.05, 0) is 30.5 Å². The Morgan fingerprint density at radius 3 is 2.42 bits per heavy atom. The van der Waals surface area contributed by atoms with Gasteiger partial charge in [0.15, 0.2) is 5.82 Å². The van der Waals surface area contributed by atoms with Crippen LogP contribution < -0.4 is 11.1 Å². The normalized spacial score (nSPS) is 11.3. The first-order chi connectivity index (χ1) is 11.6. The van der Waals surface area contributed by atoms with Gasteiger partial charge in [-0.25, -0.2) is 9.89 Å². The smallest absolute Gasteiger partial charge is 0.259 e. The maximum Gasteiger partial charge on any atom is 0.363 e. The van der Waals surface area contributed by atoms with E-state index in [1.165, 1.54) is 5.56 Å². The fraction of sp³-hybridized carbons (Fsp3) is 0.111. The van der Waals surface area contributed by atoms with Crippen molar-refractivity contribution in [2.45, 2.75) is 13.8 Å². The van der Waals surface area contributed by atoms with Gasteiger partial charge in [-0.2, -0.15) is 15.2 Å². The van der Waals surface area contributed by atoms with Gasteiger partial charge in [0.2, 0.25) is 0 Å². The molecule has 0 saturated heterocycles. The Morgan fingerprint density at radius 2 is 1.71 bits per heavy atom. The Balaban J connectivity index is 1.78. The highest BCUT2D eigenvalue weighted by atomic mass is 16.1. The lowest BCUT2D eigenvalue weighted by Crippen LogP contribution is -2.16. The molecule has 6 heteroatoms. The summed E-state index contributed by atoms with van der Waals surface area (Å²) in [5, 5.41) is 10.4. The van der Waals surface area contributed by atoms with Crippen LogP contribution in [0, 0.1) is 6.92 Å². The first-order valence-corrected chi connectivity index (χ1v) is 7.53. The molecule has 0 aliphatic carbocycles. The second-order valence-corrected chi connectivity index (χ2v) is 5.33. The molecule has 0 spiro atoms. The van der Waals surface area contributed by atoms with Crippen LogP contribution >= 0.6 is 0 Å². The molecule has 2 aromatic carbocycles. The van der Waals surface area contributed by atoms with Crippen molar-refractivity contribution in [2.75, 3.05) is 5.43 Å². The number of nitrogens with zero attached hydrogens (tertiary/aromatic N) is 3. The zero-order valence-corrected chi connectivity index (χ0v) is 13.4. The Bertz CT molecular complexity index is 914. The van der Waals surface area contributed by atoms with Crippen LogP contribution in [0.2, 0.25) is 0 Å². The van der Waals surface area contributed by atoms with Gasteiger partial charge < -0.3 is 0 Å². The Labute approximate surface area is 139 Å². The van der Waals surface area contributed by atoms with Crippen molar-refractivity contribution in [3.8, 4) is 11.1 Å². The quantitative estimate of drug-likeness (QED) is 0.572. The van der Waals surface area contributed by atoms with Crippen LogP contribution in [0.1, 0.15) is 18.2 Å². The SMILES string of the molecule is C/C(=N\Nc1nc(=O)[nH]nc1C)c1ccc(-c2ccccc2)cc1. The fourth-order valence-electron chi connectivity index (χ4n) is 2.23. The summed E-state index contributed by atoms with van der Waals surface area (Å²) in [4.78, 5) is 15.0. The molecular formula is C18H17N5O. The Hall–Kier alpha value is -3.28. The predicted octanol–water partition coefficient (Wildman–Crippen LogP) is 2.98. The molecule has 0 aliphatic rings. The van der Waals surface area contributed by atoms with E-state index < -0.39 is 5.69 Å². The van der Waals surface area contributed by atoms with Crippen molar-refractivity contribution >= 4 is 11.5 Å². The van der Waals surface area contributed by atoms with Gasteiger partial charge in [-0.15, -0.1) is 0 Å². The third kappa shape index (κ3) is 3.55. The molecule has 0 unspecified atom stereocenters. The lowest BCUT2D eigenvalue weighted by atomic mass is 10.0. The lowest BCUT2D eigenvalue weighted by molar-refractivity contribution is 0.879. The van der Waals surface area contributed by atoms with Gasteiger partial charge in [-0.3, -0.25) is 5.43 Å². The number of hydrazone groups is 1. The first kappa shape index (κ1) is 15.6. The molecule has 1 aromatic heterocycles. The summed E-state index contributed by atoms with van der Waals surface area (Å²) in [6.45, 7) is 3.63. The molecule has 6 nitrogen and oxygen atoms in total. The van der Waals surface area contributed by atoms with E-state index in [4.69, 9.17) is 0 Å². The number of aromatic amines is 1. The fourth-order valence-corrected chi connectivity index (χ4v) is 2.23.